The lowest BCUT2D eigenvalue weighted by Crippen LogP contribution is -2.09. The summed E-state index contributed by atoms with van der Waals surface area (Å²) in [6.45, 7) is 0. The van der Waals surface area contributed by atoms with E-state index in [4.69, 9.17) is 5.73 Å². The minimum Gasteiger partial charge on any atom is -0.399 e. The fraction of sp³-hybridized carbons (Fsp3) is 0.0588. The summed E-state index contributed by atoms with van der Waals surface area (Å²) < 4.78 is 25.1. The lowest BCUT2D eigenvalue weighted by molar-refractivity contribution is 0.607. The topological polar surface area (TPSA) is 110 Å². The Labute approximate surface area is 146 Å². The number of nitrogen functional groups attached to an aromatic ring is 1. The first kappa shape index (κ1) is 16.7. The van der Waals surface area contributed by atoms with Crippen LogP contribution in [0.3, 0.4) is 0 Å². The monoisotopic (exact) mass is 355 g/mol. The number of aromatic nitrogens is 2. The molecule has 0 fully saturated rings. The number of rotatable bonds is 5. The normalized spacial score (nSPS) is 11.1. The molecule has 8 heteroatoms. The van der Waals surface area contributed by atoms with Crippen LogP contribution in [0.2, 0.25) is 0 Å². The fourth-order valence-corrected chi connectivity index (χ4v) is 2.86. The molecule has 0 amide bonds. The van der Waals surface area contributed by atoms with Crippen molar-refractivity contribution in [3.8, 4) is 11.3 Å². The summed E-state index contributed by atoms with van der Waals surface area (Å²) in [6.07, 6.45) is 2.56. The zero-order chi connectivity index (χ0) is 17.9. The number of nitrogens with zero attached hydrogens (tertiary/aromatic N) is 2. The van der Waals surface area contributed by atoms with Gasteiger partial charge in [-0.05, 0) is 30.3 Å². The van der Waals surface area contributed by atoms with Gasteiger partial charge in [-0.25, -0.2) is 18.4 Å². The molecule has 0 radical (unpaired) electrons. The van der Waals surface area contributed by atoms with Gasteiger partial charge in [0.2, 0.25) is 10.0 Å². The molecule has 0 saturated carbocycles. The van der Waals surface area contributed by atoms with Crippen molar-refractivity contribution in [1.29, 1.82) is 0 Å². The number of hydrogen-bond donors (Lipinski definition) is 3. The molecule has 0 aliphatic carbocycles. The van der Waals surface area contributed by atoms with Gasteiger partial charge in [-0.2, -0.15) is 0 Å². The van der Waals surface area contributed by atoms with E-state index in [9.17, 15) is 8.42 Å². The van der Waals surface area contributed by atoms with Crippen molar-refractivity contribution in [3.63, 3.8) is 0 Å². The van der Waals surface area contributed by atoms with E-state index in [-0.39, 0.29) is 0 Å². The highest BCUT2D eigenvalue weighted by Gasteiger charge is 2.05. The number of sulfonamides is 1. The van der Waals surface area contributed by atoms with Crippen molar-refractivity contribution in [2.45, 2.75) is 0 Å². The lowest BCUT2D eigenvalue weighted by Gasteiger charge is -2.09. The Morgan fingerprint density at radius 3 is 2.48 bits per heavy atom. The Kier molecular flexibility index (Phi) is 4.53. The Bertz CT molecular complexity index is 1010. The molecule has 3 rings (SSSR count). The summed E-state index contributed by atoms with van der Waals surface area (Å²) >= 11 is 0. The average Bonchev–Trinajstić information content (AvgIpc) is 2.54. The SMILES string of the molecule is CS(=O)(=O)Nc1cccc(Nc2cc(-c3cccc(N)c3)ncn2)c1. The van der Waals surface area contributed by atoms with Crippen molar-refractivity contribution in [1.82, 2.24) is 9.97 Å². The van der Waals surface area contributed by atoms with Gasteiger partial charge >= 0.3 is 0 Å². The van der Waals surface area contributed by atoms with Gasteiger partial charge in [0.05, 0.1) is 17.6 Å². The van der Waals surface area contributed by atoms with E-state index in [1.54, 1.807) is 24.3 Å². The van der Waals surface area contributed by atoms with Crippen molar-refractivity contribution in [3.05, 3.63) is 60.9 Å². The van der Waals surface area contributed by atoms with Crippen LogP contribution in [-0.4, -0.2) is 24.6 Å². The van der Waals surface area contributed by atoms with Gasteiger partial charge in [-0.3, -0.25) is 4.72 Å². The first-order valence-corrected chi connectivity index (χ1v) is 9.31. The van der Waals surface area contributed by atoms with Crippen LogP contribution in [-0.2, 0) is 10.0 Å². The van der Waals surface area contributed by atoms with Gasteiger partial charge < -0.3 is 11.1 Å². The van der Waals surface area contributed by atoms with Crippen LogP contribution in [0, 0.1) is 0 Å². The summed E-state index contributed by atoms with van der Waals surface area (Å²) in [7, 11) is -3.33. The molecule has 0 unspecified atom stereocenters. The Morgan fingerprint density at radius 1 is 0.960 bits per heavy atom. The predicted molar refractivity (Wildman–Crippen MR) is 100 cm³/mol. The molecule has 0 aliphatic heterocycles. The third-order valence-corrected chi connectivity index (χ3v) is 3.89. The van der Waals surface area contributed by atoms with E-state index in [2.05, 4.69) is 20.0 Å². The van der Waals surface area contributed by atoms with Crippen LogP contribution in [0.1, 0.15) is 0 Å². The molecule has 128 valence electrons. The van der Waals surface area contributed by atoms with Gasteiger partial charge in [0.1, 0.15) is 12.1 Å². The van der Waals surface area contributed by atoms with Crippen molar-refractivity contribution in [2.75, 3.05) is 22.0 Å². The van der Waals surface area contributed by atoms with Gasteiger partial charge in [0.25, 0.3) is 0 Å². The van der Waals surface area contributed by atoms with Crippen LogP contribution in [0.15, 0.2) is 60.9 Å². The Hall–Kier alpha value is -3.13. The molecule has 1 aromatic heterocycles. The lowest BCUT2D eigenvalue weighted by atomic mass is 10.1. The van der Waals surface area contributed by atoms with E-state index in [0.717, 1.165) is 17.5 Å². The predicted octanol–water partition coefficient (Wildman–Crippen LogP) is 2.84. The standard InChI is InChI=1S/C17H17N5O2S/c1-25(23,24)22-15-7-3-6-14(9-15)21-17-10-16(19-11-20-17)12-4-2-5-13(18)8-12/h2-11,22H,18H2,1H3,(H,19,20,21). The van der Waals surface area contributed by atoms with Gasteiger partial charge in [0, 0.05) is 23.0 Å². The molecule has 0 spiro atoms. The molecular formula is C17H17N5O2S. The summed E-state index contributed by atoms with van der Waals surface area (Å²) in [4.78, 5) is 8.45. The van der Waals surface area contributed by atoms with Gasteiger partial charge in [0.15, 0.2) is 0 Å². The maximum absolute atomic E-state index is 11.3. The molecule has 2 aromatic carbocycles. The molecule has 0 saturated heterocycles. The van der Waals surface area contributed by atoms with Crippen LogP contribution in [0.5, 0.6) is 0 Å². The molecule has 0 bridgehead atoms. The van der Waals surface area contributed by atoms with Crippen molar-refractivity contribution in [2.24, 2.45) is 0 Å². The minimum absolute atomic E-state index is 0.470. The zero-order valence-corrected chi connectivity index (χ0v) is 14.3. The molecule has 3 aromatic rings. The van der Waals surface area contributed by atoms with Crippen molar-refractivity contribution >= 4 is 32.9 Å². The summed E-state index contributed by atoms with van der Waals surface area (Å²) in [5, 5.41) is 3.14. The van der Waals surface area contributed by atoms with E-state index in [1.165, 1.54) is 6.33 Å². The number of hydrogen-bond acceptors (Lipinski definition) is 6. The Morgan fingerprint density at radius 2 is 1.72 bits per heavy atom. The van der Waals surface area contributed by atoms with Crippen LogP contribution in [0.4, 0.5) is 22.9 Å². The highest BCUT2D eigenvalue weighted by atomic mass is 32.2. The van der Waals surface area contributed by atoms with Gasteiger partial charge in [-0.15, -0.1) is 0 Å². The number of anilines is 4. The summed E-state index contributed by atoms with van der Waals surface area (Å²) in [5.74, 6) is 0.587. The second kappa shape index (κ2) is 6.78. The van der Waals surface area contributed by atoms with Crippen LogP contribution < -0.4 is 15.8 Å². The molecule has 25 heavy (non-hydrogen) atoms. The second-order valence-corrected chi connectivity index (χ2v) is 7.24. The summed E-state index contributed by atoms with van der Waals surface area (Å²) in [5.41, 5.74) is 9.26. The molecule has 0 aliphatic rings. The van der Waals surface area contributed by atoms with Gasteiger partial charge in [-0.1, -0.05) is 18.2 Å². The van der Waals surface area contributed by atoms with Crippen LogP contribution >= 0.6 is 0 Å². The second-order valence-electron chi connectivity index (χ2n) is 5.49. The summed E-state index contributed by atoms with van der Waals surface area (Å²) in [6, 6.07) is 16.1. The smallest absolute Gasteiger partial charge is 0.229 e. The van der Waals surface area contributed by atoms with Crippen LogP contribution in [0.25, 0.3) is 11.3 Å². The number of nitrogens with two attached hydrogens (primary N) is 1. The first-order valence-electron chi connectivity index (χ1n) is 7.42. The molecule has 0 atom stereocenters. The van der Waals surface area contributed by atoms with Crippen molar-refractivity contribution < 1.29 is 8.42 Å². The maximum Gasteiger partial charge on any atom is 0.229 e. The number of nitrogens with one attached hydrogen (secondary N) is 2. The van der Waals surface area contributed by atoms with E-state index < -0.39 is 10.0 Å². The molecular weight excluding hydrogens is 338 g/mol. The molecule has 4 N–H and O–H groups in total. The largest absolute Gasteiger partial charge is 0.399 e. The molecule has 7 nitrogen and oxygen atoms in total. The van der Waals surface area contributed by atoms with E-state index in [1.807, 2.05) is 30.3 Å². The third kappa shape index (κ3) is 4.67. The van der Waals surface area contributed by atoms with E-state index in [0.29, 0.717) is 22.9 Å². The third-order valence-electron chi connectivity index (χ3n) is 3.29. The number of benzene rings is 2. The fourth-order valence-electron chi connectivity index (χ4n) is 2.30. The average molecular weight is 355 g/mol. The maximum atomic E-state index is 11.3. The zero-order valence-electron chi connectivity index (χ0n) is 13.5. The highest BCUT2D eigenvalue weighted by Crippen LogP contribution is 2.24. The Balaban J connectivity index is 1.84. The molecule has 1 heterocycles. The minimum atomic E-state index is -3.33. The highest BCUT2D eigenvalue weighted by molar-refractivity contribution is 7.92. The van der Waals surface area contributed by atoms with E-state index >= 15 is 0 Å². The quantitative estimate of drug-likeness (QED) is 0.607. The first-order chi connectivity index (χ1) is 11.9.